The number of carboxylic acid groups (broad SMARTS) is 1. The highest BCUT2D eigenvalue weighted by Gasteiger charge is 2.39. The summed E-state index contributed by atoms with van der Waals surface area (Å²) in [5.41, 5.74) is 0. The average Bonchev–Trinajstić information content (AvgIpc) is 2.05. The number of nitrogens with one attached hydrogen (secondary N) is 1. The highest BCUT2D eigenvalue weighted by Crippen LogP contribution is 2.12. The van der Waals surface area contributed by atoms with E-state index >= 15 is 0 Å². The Kier molecular flexibility index (Phi) is 1.87. The maximum Gasteiger partial charge on any atom is 0.337 e. The Labute approximate surface area is 63.4 Å². The van der Waals surface area contributed by atoms with Crippen LogP contribution < -0.4 is 4.72 Å². The van der Waals surface area contributed by atoms with Crippen molar-refractivity contribution >= 4 is 16.3 Å². The minimum atomic E-state index is -3.82. The molecule has 1 aliphatic rings. The van der Waals surface area contributed by atoms with Gasteiger partial charge >= 0.3 is 16.3 Å². The lowest BCUT2D eigenvalue weighted by Crippen LogP contribution is -2.38. The van der Waals surface area contributed by atoms with Crippen LogP contribution in [0.5, 0.6) is 0 Å². The zero-order chi connectivity index (χ0) is 8.65. The Morgan fingerprint density at radius 1 is 1.64 bits per heavy atom. The van der Waals surface area contributed by atoms with E-state index in [-0.39, 0.29) is 0 Å². The summed E-state index contributed by atoms with van der Waals surface area (Å²) in [5.74, 6) is -1.24. The summed E-state index contributed by atoms with van der Waals surface area (Å²) in [6, 6.07) is -1.17. The molecular formula is C4H7NO5S. The van der Waals surface area contributed by atoms with Crippen molar-refractivity contribution in [1.82, 2.24) is 4.72 Å². The maximum absolute atomic E-state index is 10.6. The van der Waals surface area contributed by atoms with E-state index in [1.165, 1.54) is 6.92 Å². The molecule has 1 fully saturated rings. The van der Waals surface area contributed by atoms with E-state index in [9.17, 15) is 13.2 Å². The molecule has 1 saturated heterocycles. The van der Waals surface area contributed by atoms with E-state index in [0.29, 0.717) is 0 Å². The molecule has 0 aromatic rings. The summed E-state index contributed by atoms with van der Waals surface area (Å²) in [6.07, 6.45) is -0.850. The molecule has 0 amide bonds. The molecule has 0 aliphatic carbocycles. The molecule has 0 spiro atoms. The number of rotatable bonds is 1. The molecule has 0 aromatic heterocycles. The number of hydrogen-bond donors (Lipinski definition) is 2. The molecule has 1 heterocycles. The minimum Gasteiger partial charge on any atom is -0.480 e. The first-order chi connectivity index (χ1) is 4.92. The standard InChI is InChI=1S/C4H7NO5S/c1-2-3(4(6)7)5-11(8,9)10-2/h2-3,5H,1H3,(H,6,7)/t2-,3-/m0/s1. The van der Waals surface area contributed by atoms with Gasteiger partial charge in [0.2, 0.25) is 0 Å². The minimum absolute atomic E-state index is 0.850. The molecule has 11 heavy (non-hydrogen) atoms. The van der Waals surface area contributed by atoms with Gasteiger partial charge in [-0.1, -0.05) is 0 Å². The van der Waals surface area contributed by atoms with E-state index in [2.05, 4.69) is 4.18 Å². The summed E-state index contributed by atoms with van der Waals surface area (Å²) in [7, 11) is -3.82. The quantitative estimate of drug-likeness (QED) is 0.524. The first kappa shape index (κ1) is 8.44. The van der Waals surface area contributed by atoms with Gasteiger partial charge in [0.25, 0.3) is 0 Å². The molecule has 2 atom stereocenters. The monoisotopic (exact) mass is 181 g/mol. The van der Waals surface area contributed by atoms with Gasteiger partial charge in [0.1, 0.15) is 12.1 Å². The lowest BCUT2D eigenvalue weighted by atomic mass is 10.2. The van der Waals surface area contributed by atoms with Crippen molar-refractivity contribution in [3.05, 3.63) is 0 Å². The first-order valence-electron chi connectivity index (χ1n) is 2.86. The van der Waals surface area contributed by atoms with Crippen LogP contribution >= 0.6 is 0 Å². The van der Waals surface area contributed by atoms with Crippen molar-refractivity contribution in [1.29, 1.82) is 0 Å². The summed E-state index contributed by atoms with van der Waals surface area (Å²) in [5, 5.41) is 8.41. The van der Waals surface area contributed by atoms with Gasteiger partial charge in [-0.3, -0.25) is 8.98 Å². The topological polar surface area (TPSA) is 92.7 Å². The molecule has 6 nitrogen and oxygen atoms in total. The fourth-order valence-corrected chi connectivity index (χ4v) is 1.96. The van der Waals surface area contributed by atoms with Crippen molar-refractivity contribution in [2.75, 3.05) is 0 Å². The molecular weight excluding hydrogens is 174 g/mol. The zero-order valence-electron chi connectivity index (χ0n) is 5.64. The second-order valence-electron chi connectivity index (χ2n) is 2.19. The van der Waals surface area contributed by atoms with Gasteiger partial charge in [-0.15, -0.1) is 0 Å². The van der Waals surface area contributed by atoms with Crippen molar-refractivity contribution in [2.24, 2.45) is 0 Å². The normalized spacial score (nSPS) is 35.4. The molecule has 0 radical (unpaired) electrons. The lowest BCUT2D eigenvalue weighted by Gasteiger charge is -2.03. The predicted octanol–water partition coefficient (Wildman–Crippen LogP) is -1.31. The van der Waals surface area contributed by atoms with Crippen LogP contribution in [0.25, 0.3) is 0 Å². The van der Waals surface area contributed by atoms with Gasteiger partial charge in [0.05, 0.1) is 0 Å². The SMILES string of the molecule is C[C@@H]1OS(=O)(=O)N[C@@H]1C(=O)O. The molecule has 64 valence electrons. The van der Waals surface area contributed by atoms with E-state index < -0.39 is 28.4 Å². The summed E-state index contributed by atoms with van der Waals surface area (Å²) in [4.78, 5) is 10.3. The molecule has 0 aromatic carbocycles. The van der Waals surface area contributed by atoms with E-state index in [0.717, 1.165) is 0 Å². The zero-order valence-corrected chi connectivity index (χ0v) is 6.46. The van der Waals surface area contributed by atoms with E-state index in [4.69, 9.17) is 5.11 Å². The van der Waals surface area contributed by atoms with Gasteiger partial charge in [0.15, 0.2) is 0 Å². The fraction of sp³-hybridized carbons (Fsp3) is 0.750. The summed E-state index contributed by atoms with van der Waals surface area (Å²) < 4.78 is 27.3. The second-order valence-corrected chi connectivity index (χ2v) is 3.53. The van der Waals surface area contributed by atoms with Gasteiger partial charge in [-0.05, 0) is 6.92 Å². The first-order valence-corrected chi connectivity index (χ1v) is 4.26. The van der Waals surface area contributed by atoms with Crippen LogP contribution in [-0.4, -0.2) is 31.6 Å². The third-order valence-corrected chi connectivity index (χ3v) is 2.38. The molecule has 1 rings (SSSR count). The number of carbonyl (C=O) groups is 1. The molecule has 0 saturated carbocycles. The van der Waals surface area contributed by atoms with Crippen LogP contribution in [0, 0.1) is 0 Å². The number of hydrogen-bond acceptors (Lipinski definition) is 4. The van der Waals surface area contributed by atoms with E-state index in [1.807, 2.05) is 4.72 Å². The van der Waals surface area contributed by atoms with Crippen LogP contribution in [0.1, 0.15) is 6.92 Å². The Bertz CT molecular complexity index is 270. The van der Waals surface area contributed by atoms with E-state index in [1.54, 1.807) is 0 Å². The third kappa shape index (κ3) is 1.67. The average molecular weight is 181 g/mol. The third-order valence-electron chi connectivity index (χ3n) is 1.29. The second kappa shape index (κ2) is 2.43. The highest BCUT2D eigenvalue weighted by atomic mass is 32.2. The Morgan fingerprint density at radius 2 is 2.18 bits per heavy atom. The van der Waals surface area contributed by atoms with Crippen LogP contribution in [0.15, 0.2) is 0 Å². The largest absolute Gasteiger partial charge is 0.480 e. The smallest absolute Gasteiger partial charge is 0.337 e. The van der Waals surface area contributed by atoms with Crippen LogP contribution in [0.2, 0.25) is 0 Å². The van der Waals surface area contributed by atoms with Gasteiger partial charge in [-0.2, -0.15) is 13.1 Å². The summed E-state index contributed by atoms with van der Waals surface area (Å²) >= 11 is 0. The van der Waals surface area contributed by atoms with Crippen molar-refractivity contribution in [3.63, 3.8) is 0 Å². The molecule has 2 N–H and O–H groups in total. The fourth-order valence-electron chi connectivity index (χ4n) is 0.786. The highest BCUT2D eigenvalue weighted by molar-refractivity contribution is 7.85. The number of carboxylic acids is 1. The van der Waals surface area contributed by atoms with Gasteiger partial charge in [-0.25, -0.2) is 0 Å². The molecule has 0 bridgehead atoms. The lowest BCUT2D eigenvalue weighted by molar-refractivity contribution is -0.140. The van der Waals surface area contributed by atoms with Crippen LogP contribution in [0.3, 0.4) is 0 Å². The van der Waals surface area contributed by atoms with Crippen LogP contribution in [0.4, 0.5) is 0 Å². The molecule has 1 aliphatic heterocycles. The van der Waals surface area contributed by atoms with Gasteiger partial charge < -0.3 is 5.11 Å². The van der Waals surface area contributed by atoms with Crippen molar-refractivity contribution in [2.45, 2.75) is 19.1 Å². The van der Waals surface area contributed by atoms with Crippen molar-refractivity contribution < 1.29 is 22.5 Å². The number of aliphatic carboxylic acids is 1. The molecule has 7 heteroatoms. The van der Waals surface area contributed by atoms with Gasteiger partial charge in [0, 0.05) is 0 Å². The van der Waals surface area contributed by atoms with Crippen LogP contribution in [-0.2, 0) is 19.3 Å². The van der Waals surface area contributed by atoms with Crippen molar-refractivity contribution in [3.8, 4) is 0 Å². The Balaban J connectivity index is 2.83. The Morgan fingerprint density at radius 3 is 2.36 bits per heavy atom. The molecule has 0 unspecified atom stereocenters. The summed E-state index contributed by atoms with van der Waals surface area (Å²) in [6.45, 7) is 1.37. The predicted molar refractivity (Wildman–Crippen MR) is 34.0 cm³/mol. The maximum atomic E-state index is 10.6. The Hall–Kier alpha value is -0.660.